The molecular formula is C22H18BF2N5O2. The summed E-state index contributed by atoms with van der Waals surface area (Å²) in [5, 5.41) is 3.13. The molecule has 0 saturated carbocycles. The first kappa shape index (κ1) is 21.3. The molecule has 2 amide bonds. The van der Waals surface area contributed by atoms with Crippen LogP contribution >= 0.6 is 0 Å². The summed E-state index contributed by atoms with van der Waals surface area (Å²) in [6.45, 7) is 2.37. The number of primary amides is 1. The Labute approximate surface area is 182 Å². The molecule has 10 heteroatoms. The molecule has 0 atom stereocenters. The Bertz CT molecular complexity index is 1340. The molecule has 2 heterocycles. The number of nitrogens with two attached hydrogens (primary N) is 1. The van der Waals surface area contributed by atoms with Crippen molar-refractivity contribution in [2.75, 3.05) is 5.32 Å². The number of nitrogens with zero attached hydrogens (tertiary/aromatic N) is 3. The summed E-state index contributed by atoms with van der Waals surface area (Å²) in [6.07, 6.45) is 0.575. The van der Waals surface area contributed by atoms with Crippen LogP contribution in [0.2, 0.25) is 0 Å². The normalized spacial score (nSPS) is 10.8. The van der Waals surface area contributed by atoms with E-state index in [-0.39, 0.29) is 22.6 Å². The second-order valence-electron chi connectivity index (χ2n) is 7.18. The third kappa shape index (κ3) is 4.25. The number of fused-ring (bicyclic) bond motifs is 1. The van der Waals surface area contributed by atoms with Crippen molar-refractivity contribution in [2.24, 2.45) is 5.73 Å². The van der Waals surface area contributed by atoms with Gasteiger partial charge in [0.05, 0.1) is 0 Å². The number of carbonyl (C=O) groups is 2. The van der Waals surface area contributed by atoms with Gasteiger partial charge in [-0.25, -0.2) is 0 Å². The van der Waals surface area contributed by atoms with E-state index in [0.717, 1.165) is 17.3 Å². The van der Waals surface area contributed by atoms with Crippen LogP contribution in [0.3, 0.4) is 0 Å². The van der Waals surface area contributed by atoms with E-state index in [9.17, 15) is 18.4 Å². The number of benzene rings is 2. The number of nitrogens with one attached hydrogen (secondary N) is 1. The summed E-state index contributed by atoms with van der Waals surface area (Å²) in [6, 6.07) is 11.2. The predicted octanol–water partition coefficient (Wildman–Crippen LogP) is 3.01. The Balaban J connectivity index is 1.67. The minimum atomic E-state index is -0.831. The van der Waals surface area contributed by atoms with E-state index < -0.39 is 17.6 Å². The van der Waals surface area contributed by atoms with Crippen LogP contribution in [-0.4, -0.2) is 33.4 Å². The van der Waals surface area contributed by atoms with Gasteiger partial charge in [-0.15, -0.1) is 0 Å². The first-order valence-corrected chi connectivity index (χ1v) is 9.85. The first-order chi connectivity index (χ1) is 15.4. The Morgan fingerprint density at radius 2 is 1.81 bits per heavy atom. The van der Waals surface area contributed by atoms with Crippen LogP contribution < -0.4 is 11.1 Å². The van der Waals surface area contributed by atoms with Crippen molar-refractivity contribution < 1.29 is 18.4 Å². The summed E-state index contributed by atoms with van der Waals surface area (Å²) in [5.41, 5.74) is 7.09. The zero-order valence-corrected chi connectivity index (χ0v) is 17.1. The van der Waals surface area contributed by atoms with Gasteiger partial charge in [0.15, 0.2) is 0 Å². The number of amides is 2. The van der Waals surface area contributed by atoms with Crippen LogP contribution in [0.1, 0.15) is 39.0 Å². The molecule has 4 rings (SSSR count). The Morgan fingerprint density at radius 1 is 1.09 bits per heavy atom. The number of carbonyl (C=O) groups excluding carboxylic acids is 2. The van der Waals surface area contributed by atoms with Gasteiger partial charge < -0.3 is 0 Å². The topological polar surface area (TPSA) is 103 Å². The number of halogens is 2. The van der Waals surface area contributed by atoms with Gasteiger partial charge in [0.2, 0.25) is 0 Å². The average Bonchev–Trinajstić information content (AvgIpc) is 3.14. The summed E-state index contributed by atoms with van der Waals surface area (Å²) in [7, 11) is 1.59. The van der Waals surface area contributed by atoms with E-state index in [1.807, 2.05) is 11.4 Å². The number of hydrogen-bond donors (Lipinski definition) is 2. The van der Waals surface area contributed by atoms with E-state index in [4.69, 9.17) is 5.73 Å². The van der Waals surface area contributed by atoms with Crippen LogP contribution in [0.4, 0.5) is 14.6 Å². The van der Waals surface area contributed by atoms with Crippen LogP contribution in [0.15, 0.2) is 48.5 Å². The van der Waals surface area contributed by atoms with E-state index >= 15 is 0 Å². The number of rotatable bonds is 6. The molecule has 0 spiro atoms. The second kappa shape index (κ2) is 8.66. The molecule has 4 aromatic rings. The summed E-state index contributed by atoms with van der Waals surface area (Å²) in [5.74, 6) is -1.88. The molecule has 2 aromatic heterocycles. The van der Waals surface area contributed by atoms with Gasteiger partial charge in [-0.2, -0.15) is 0 Å². The van der Waals surface area contributed by atoms with Crippen molar-refractivity contribution in [3.63, 3.8) is 0 Å². The molecule has 3 N–H and O–H groups in total. The van der Waals surface area contributed by atoms with Gasteiger partial charge in [-0.05, 0) is 0 Å². The Morgan fingerprint density at radius 3 is 2.50 bits per heavy atom. The van der Waals surface area contributed by atoms with Crippen molar-refractivity contribution in [1.82, 2.24) is 14.3 Å². The van der Waals surface area contributed by atoms with Gasteiger partial charge >= 0.3 is 182 Å². The van der Waals surface area contributed by atoms with Crippen molar-refractivity contribution in [3.8, 4) is 0 Å². The molecular weight excluding hydrogens is 415 g/mol. The third-order valence-electron chi connectivity index (χ3n) is 5.05. The standard InChI is InChI=1S/C22H18BF2N5O2/c1-2-19-21(29-23-30(19)11-12-3-5-13(24)6-4-12)28-22(32)16-10-18(20(26)31)27-17-9-14(25)7-8-15(16)17/h3-10H,2,11H2,1H3,(H2,26,31)(H,28,32). The van der Waals surface area contributed by atoms with Gasteiger partial charge in [-0.3, -0.25) is 0 Å². The summed E-state index contributed by atoms with van der Waals surface area (Å²) >= 11 is 0. The molecule has 0 unspecified atom stereocenters. The van der Waals surface area contributed by atoms with Crippen molar-refractivity contribution in [3.05, 3.63) is 82.7 Å². The molecule has 0 aliphatic rings. The number of hydrogen-bond acceptors (Lipinski definition) is 4. The first-order valence-electron chi connectivity index (χ1n) is 9.85. The molecule has 160 valence electrons. The van der Waals surface area contributed by atoms with Gasteiger partial charge in [0.1, 0.15) is 0 Å². The SMILES string of the molecule is CCc1c(NC(=O)c2cc(C(N)=O)nc3cc(F)ccc23)nbn1Cc1ccc(F)cc1. The fraction of sp³-hybridized carbons (Fsp3) is 0.136. The molecule has 0 aliphatic carbocycles. The van der Waals surface area contributed by atoms with Gasteiger partial charge in [0.25, 0.3) is 0 Å². The Kier molecular flexibility index (Phi) is 5.76. The predicted molar refractivity (Wildman–Crippen MR) is 117 cm³/mol. The zero-order valence-electron chi connectivity index (χ0n) is 17.1. The maximum atomic E-state index is 13.7. The number of anilines is 1. The van der Waals surface area contributed by atoms with Crippen molar-refractivity contribution >= 4 is 35.7 Å². The number of aromatic nitrogens is 3. The van der Waals surface area contributed by atoms with Crippen molar-refractivity contribution in [1.29, 1.82) is 0 Å². The second-order valence-corrected chi connectivity index (χ2v) is 7.18. The molecule has 7 nitrogen and oxygen atoms in total. The van der Waals surface area contributed by atoms with Crippen LogP contribution in [0.25, 0.3) is 10.9 Å². The fourth-order valence-electron chi connectivity index (χ4n) is 3.50. The van der Waals surface area contributed by atoms with Crippen LogP contribution in [0, 0.1) is 11.6 Å². The molecule has 0 bridgehead atoms. The molecule has 0 radical (unpaired) electrons. The quantitative estimate of drug-likeness (QED) is 0.488. The third-order valence-corrected chi connectivity index (χ3v) is 5.05. The van der Waals surface area contributed by atoms with Gasteiger partial charge in [-0.1, -0.05) is 0 Å². The average molecular weight is 433 g/mol. The summed E-state index contributed by atoms with van der Waals surface area (Å²) < 4.78 is 28.7. The van der Waals surface area contributed by atoms with Crippen molar-refractivity contribution in [2.45, 2.75) is 19.9 Å². The summed E-state index contributed by atoms with van der Waals surface area (Å²) in [4.78, 5) is 33.1. The molecule has 32 heavy (non-hydrogen) atoms. The number of pyridine rings is 1. The minimum absolute atomic E-state index is 0.124. The van der Waals surface area contributed by atoms with Crippen LogP contribution in [0.5, 0.6) is 0 Å². The molecule has 0 saturated heterocycles. The zero-order chi connectivity index (χ0) is 22.8. The van der Waals surface area contributed by atoms with Crippen LogP contribution in [-0.2, 0) is 13.0 Å². The maximum absolute atomic E-state index is 13.7. The molecule has 0 fully saturated rings. The molecule has 0 aliphatic heterocycles. The molecule has 2 aromatic carbocycles. The Hall–Kier alpha value is -3.95. The monoisotopic (exact) mass is 433 g/mol. The van der Waals surface area contributed by atoms with E-state index in [0.29, 0.717) is 24.2 Å². The van der Waals surface area contributed by atoms with E-state index in [1.165, 1.54) is 30.3 Å². The van der Waals surface area contributed by atoms with Gasteiger partial charge in [0, 0.05) is 0 Å². The fourth-order valence-corrected chi connectivity index (χ4v) is 3.50. The van der Waals surface area contributed by atoms with E-state index in [2.05, 4.69) is 15.2 Å². The van der Waals surface area contributed by atoms with E-state index in [1.54, 1.807) is 19.3 Å².